The SMILES string of the molecule is CCc1c2c(nc3ccccc13)/C(=C/C(=C(/C)C=O)C1(SC)C(C)CCN1C)N(C)C2. The molecule has 0 spiro atoms. The normalized spacial score (nSPS) is 25.9. The first kappa shape index (κ1) is 22.1. The Hall–Kier alpha value is -2.11. The van der Waals surface area contributed by atoms with Crippen molar-refractivity contribution in [2.45, 2.75) is 45.0 Å². The second kappa shape index (κ2) is 8.44. The van der Waals surface area contributed by atoms with Crippen LogP contribution in [0, 0.1) is 5.92 Å². The van der Waals surface area contributed by atoms with Crippen molar-refractivity contribution in [3.63, 3.8) is 0 Å². The zero-order chi connectivity index (χ0) is 22.3. The zero-order valence-corrected chi connectivity index (χ0v) is 20.3. The van der Waals surface area contributed by atoms with Crippen molar-refractivity contribution < 1.29 is 4.79 Å². The summed E-state index contributed by atoms with van der Waals surface area (Å²) in [4.78, 5) is 21.6. The topological polar surface area (TPSA) is 36.4 Å². The number of likely N-dealkylation sites (N-methyl/N-ethyl adjacent to an activating group) is 1. The Morgan fingerprint density at radius 2 is 2.06 bits per heavy atom. The van der Waals surface area contributed by atoms with Crippen LogP contribution in [0.2, 0.25) is 0 Å². The summed E-state index contributed by atoms with van der Waals surface area (Å²) in [6, 6.07) is 8.44. The number of nitrogens with zero attached hydrogens (tertiary/aromatic N) is 3. The molecule has 0 N–H and O–H groups in total. The second-order valence-corrected chi connectivity index (χ2v) is 9.93. The van der Waals surface area contributed by atoms with Crippen LogP contribution >= 0.6 is 11.8 Å². The van der Waals surface area contributed by atoms with E-state index < -0.39 is 0 Å². The van der Waals surface area contributed by atoms with Gasteiger partial charge in [-0.05, 0) is 74.4 Å². The molecular weight excluding hydrogens is 402 g/mol. The van der Waals surface area contributed by atoms with Gasteiger partial charge < -0.3 is 4.90 Å². The monoisotopic (exact) mass is 435 g/mol. The van der Waals surface area contributed by atoms with Gasteiger partial charge in [-0.15, -0.1) is 11.8 Å². The van der Waals surface area contributed by atoms with Crippen LogP contribution in [0.1, 0.15) is 44.0 Å². The van der Waals surface area contributed by atoms with Gasteiger partial charge in [-0.2, -0.15) is 0 Å². The van der Waals surface area contributed by atoms with E-state index in [-0.39, 0.29) is 4.87 Å². The number of allylic oxidation sites excluding steroid dienone is 1. The second-order valence-electron chi connectivity index (χ2n) is 8.90. The van der Waals surface area contributed by atoms with E-state index in [1.165, 1.54) is 16.5 Å². The quantitative estimate of drug-likeness (QED) is 0.481. The standard InChI is InChI=1S/C26H33N3OS/c1-7-19-20-10-8-9-11-23(20)27-25-21(19)15-28(4)24(25)14-22(17(2)16-30)26(31-6)18(3)12-13-29(26)5/h8-11,14,16,18H,7,12-13,15H2,1-6H3/b22-17+,24-14-. The molecule has 2 atom stereocenters. The van der Waals surface area contributed by atoms with Gasteiger partial charge >= 0.3 is 0 Å². The van der Waals surface area contributed by atoms with Crippen LogP contribution in [0.3, 0.4) is 0 Å². The third kappa shape index (κ3) is 3.33. The molecule has 1 saturated heterocycles. The first-order valence-corrected chi connectivity index (χ1v) is 12.4. The molecule has 5 heteroatoms. The summed E-state index contributed by atoms with van der Waals surface area (Å²) in [5.74, 6) is 0.455. The van der Waals surface area contributed by atoms with Crippen LogP contribution in [-0.4, -0.2) is 52.8 Å². The summed E-state index contributed by atoms with van der Waals surface area (Å²) in [5.41, 5.74) is 7.86. The van der Waals surface area contributed by atoms with E-state index in [1.54, 1.807) is 0 Å². The Labute approximate surface area is 190 Å². The summed E-state index contributed by atoms with van der Waals surface area (Å²) in [5, 5.41) is 1.25. The number of carbonyl (C=O) groups excluding carboxylic acids is 1. The third-order valence-corrected chi connectivity index (χ3v) is 8.78. The Morgan fingerprint density at radius 1 is 1.32 bits per heavy atom. The number of hydrogen-bond donors (Lipinski definition) is 0. The number of pyridine rings is 1. The number of carbonyl (C=O) groups is 1. The van der Waals surface area contributed by atoms with Crippen LogP contribution in [0.15, 0.2) is 41.5 Å². The lowest BCUT2D eigenvalue weighted by Gasteiger charge is -2.40. The maximum Gasteiger partial charge on any atom is 0.146 e. The fraction of sp³-hybridized carbons (Fsp3) is 0.462. The van der Waals surface area contributed by atoms with Crippen LogP contribution in [0.25, 0.3) is 16.6 Å². The van der Waals surface area contributed by atoms with Gasteiger partial charge in [-0.3, -0.25) is 9.69 Å². The molecule has 1 aromatic carbocycles. The number of hydrogen-bond acceptors (Lipinski definition) is 5. The number of benzene rings is 1. The highest BCUT2D eigenvalue weighted by Crippen LogP contribution is 2.49. The van der Waals surface area contributed by atoms with E-state index >= 15 is 0 Å². The number of aldehydes is 1. The molecule has 4 rings (SSSR count). The van der Waals surface area contributed by atoms with Crippen molar-refractivity contribution in [1.82, 2.24) is 14.8 Å². The molecule has 0 radical (unpaired) electrons. The highest BCUT2D eigenvalue weighted by Gasteiger charge is 2.47. The number of aromatic nitrogens is 1. The van der Waals surface area contributed by atoms with Gasteiger partial charge in [-0.1, -0.05) is 32.0 Å². The van der Waals surface area contributed by atoms with E-state index in [0.29, 0.717) is 5.92 Å². The van der Waals surface area contributed by atoms with Crippen molar-refractivity contribution >= 4 is 34.6 Å². The highest BCUT2D eigenvalue weighted by atomic mass is 32.2. The maximum absolute atomic E-state index is 12.0. The summed E-state index contributed by atoms with van der Waals surface area (Å²) in [6.07, 6.45) is 7.56. The molecule has 2 unspecified atom stereocenters. The number of aryl methyl sites for hydroxylation is 1. The van der Waals surface area contributed by atoms with E-state index in [4.69, 9.17) is 4.98 Å². The van der Waals surface area contributed by atoms with Gasteiger partial charge in [-0.25, -0.2) is 4.98 Å². The summed E-state index contributed by atoms with van der Waals surface area (Å²) >= 11 is 1.85. The minimum Gasteiger partial charge on any atom is -0.368 e. The van der Waals surface area contributed by atoms with Gasteiger partial charge in [0, 0.05) is 24.5 Å². The number of fused-ring (bicyclic) bond motifs is 2. The van der Waals surface area contributed by atoms with Crippen LogP contribution in [0.5, 0.6) is 0 Å². The average molecular weight is 436 g/mol. The number of rotatable bonds is 5. The molecular formula is C26H33N3OS. The predicted molar refractivity (Wildman–Crippen MR) is 132 cm³/mol. The predicted octanol–water partition coefficient (Wildman–Crippen LogP) is 5.13. The van der Waals surface area contributed by atoms with E-state index in [2.05, 4.69) is 74.3 Å². The molecule has 0 bridgehead atoms. The molecule has 0 aliphatic carbocycles. The van der Waals surface area contributed by atoms with Crippen LogP contribution in [0.4, 0.5) is 0 Å². The molecule has 0 amide bonds. The molecule has 2 aromatic rings. The summed E-state index contributed by atoms with van der Waals surface area (Å²) < 4.78 is 0. The Balaban J connectivity index is 1.96. The Morgan fingerprint density at radius 3 is 2.68 bits per heavy atom. The van der Waals surface area contributed by atoms with Crippen molar-refractivity contribution in [3.05, 3.63) is 58.3 Å². The molecule has 2 aliphatic heterocycles. The van der Waals surface area contributed by atoms with Crippen molar-refractivity contribution in [2.75, 3.05) is 26.9 Å². The summed E-state index contributed by atoms with van der Waals surface area (Å²) in [6.45, 7) is 8.38. The largest absolute Gasteiger partial charge is 0.368 e. The minimum absolute atomic E-state index is 0.202. The smallest absolute Gasteiger partial charge is 0.146 e. The molecule has 3 heterocycles. The molecule has 0 saturated carbocycles. The lowest BCUT2D eigenvalue weighted by molar-refractivity contribution is -0.104. The fourth-order valence-electron chi connectivity index (χ4n) is 5.55. The summed E-state index contributed by atoms with van der Waals surface area (Å²) in [7, 11) is 4.32. The number of thioether (sulfide) groups is 1. The lowest BCUT2D eigenvalue weighted by Crippen LogP contribution is -2.44. The van der Waals surface area contributed by atoms with E-state index in [0.717, 1.165) is 60.3 Å². The van der Waals surface area contributed by atoms with Crippen molar-refractivity contribution in [2.24, 2.45) is 5.92 Å². The molecule has 31 heavy (non-hydrogen) atoms. The average Bonchev–Trinajstić information content (AvgIpc) is 3.25. The van der Waals surface area contributed by atoms with Crippen LogP contribution in [-0.2, 0) is 17.8 Å². The first-order chi connectivity index (χ1) is 14.9. The molecule has 164 valence electrons. The molecule has 1 aromatic heterocycles. The van der Waals surface area contributed by atoms with Crippen LogP contribution < -0.4 is 0 Å². The van der Waals surface area contributed by atoms with E-state index in [9.17, 15) is 4.79 Å². The van der Waals surface area contributed by atoms with Gasteiger partial charge in [0.25, 0.3) is 0 Å². The van der Waals surface area contributed by atoms with Crippen molar-refractivity contribution in [3.8, 4) is 0 Å². The molecule has 4 nitrogen and oxygen atoms in total. The van der Waals surface area contributed by atoms with Crippen molar-refractivity contribution in [1.29, 1.82) is 0 Å². The van der Waals surface area contributed by atoms with Gasteiger partial charge in [0.2, 0.25) is 0 Å². The highest BCUT2D eigenvalue weighted by molar-refractivity contribution is 8.00. The molecule has 1 fully saturated rings. The zero-order valence-electron chi connectivity index (χ0n) is 19.5. The third-order valence-electron chi connectivity index (χ3n) is 7.23. The minimum atomic E-state index is -0.202. The van der Waals surface area contributed by atoms with Gasteiger partial charge in [0.05, 0.1) is 21.8 Å². The molecule has 2 aliphatic rings. The number of para-hydroxylation sites is 1. The number of likely N-dealkylation sites (tertiary alicyclic amines) is 1. The Kier molecular flexibility index (Phi) is 6.01. The van der Waals surface area contributed by atoms with Gasteiger partial charge in [0.1, 0.15) is 6.29 Å². The first-order valence-electron chi connectivity index (χ1n) is 11.2. The van der Waals surface area contributed by atoms with Gasteiger partial charge in [0.15, 0.2) is 0 Å². The van der Waals surface area contributed by atoms with E-state index in [1.807, 2.05) is 18.7 Å². The lowest BCUT2D eigenvalue weighted by atomic mass is 9.90. The fourth-order valence-corrected chi connectivity index (χ4v) is 6.91. The maximum atomic E-state index is 12.0. The Bertz CT molecular complexity index is 1080.